The highest BCUT2D eigenvalue weighted by atomic mass is 15.0. The first-order chi connectivity index (χ1) is 30.7. The first-order valence-corrected chi connectivity index (χ1v) is 20.7. The van der Waals surface area contributed by atoms with Gasteiger partial charge in [0.2, 0.25) is 0 Å². The Kier molecular flexibility index (Phi) is 9.35. The molecule has 14 radical (unpaired) electrons. The summed E-state index contributed by atoms with van der Waals surface area (Å²) in [4.78, 5) is 0. The van der Waals surface area contributed by atoms with Crippen molar-refractivity contribution in [2.24, 2.45) is 0 Å². The van der Waals surface area contributed by atoms with Crippen LogP contribution in [0.25, 0.3) is 99.5 Å². The lowest BCUT2D eigenvalue weighted by molar-refractivity contribution is 1.18. The first kappa shape index (κ1) is 38.9. The molecule has 0 atom stereocenters. The molecule has 9 heteroatoms. The van der Waals surface area contributed by atoms with Crippen molar-refractivity contribution in [3.8, 4) is 55.9 Å². The van der Waals surface area contributed by atoms with Gasteiger partial charge < -0.3 is 9.13 Å². The number of hydrogen-bond donors (Lipinski definition) is 0. The van der Waals surface area contributed by atoms with Crippen LogP contribution in [0.1, 0.15) is 0 Å². The molecule has 0 unspecified atom stereocenters. The van der Waals surface area contributed by atoms with E-state index in [9.17, 15) is 0 Å². The lowest BCUT2D eigenvalue weighted by atomic mass is 9.64. The van der Waals surface area contributed by atoms with Gasteiger partial charge in [0.15, 0.2) is 0 Å². The van der Waals surface area contributed by atoms with Crippen LogP contribution in [0.4, 0.5) is 0 Å². The van der Waals surface area contributed by atoms with E-state index in [0.717, 1.165) is 72.1 Å². The third-order valence-electron chi connectivity index (χ3n) is 12.5. The standard InChI is InChI=1S/C54H29B7N2/c55-46-43(47(56)51(60)53-44(46)45-48(57)49(58)50(59)52(61)54(45)62(53)36-20-12-19-33(27-36)30-13-4-1-5-14-30)35-24-26-42-39(29-35)38-28-34(31-15-6-2-7-16-31)23-25-41(38)63(42)40-22-11-10-21-37(40)32-17-8-3-9-18-32/h1-29H. The second-order valence-electron chi connectivity index (χ2n) is 16.0. The fourth-order valence-electron chi connectivity index (χ4n) is 9.49. The fourth-order valence-corrected chi connectivity index (χ4v) is 9.49. The van der Waals surface area contributed by atoms with E-state index in [1.54, 1.807) is 0 Å². The van der Waals surface area contributed by atoms with Gasteiger partial charge in [0, 0.05) is 38.4 Å². The smallest absolute Gasteiger partial charge is 0.115 e. The zero-order valence-corrected chi connectivity index (χ0v) is 34.2. The Morgan fingerprint density at radius 1 is 0.302 bits per heavy atom. The van der Waals surface area contributed by atoms with Crippen LogP contribution in [-0.2, 0) is 0 Å². The first-order valence-electron chi connectivity index (χ1n) is 20.7. The van der Waals surface area contributed by atoms with Crippen LogP contribution in [0, 0.1) is 0 Å². The Bertz CT molecular complexity index is 3630. The van der Waals surface area contributed by atoms with E-state index in [4.69, 9.17) is 54.9 Å². The maximum atomic E-state index is 7.42. The Labute approximate surface area is 375 Å². The minimum Gasteiger partial charge on any atom is -0.311 e. The summed E-state index contributed by atoms with van der Waals surface area (Å²) in [6, 6.07) is 60.6. The average Bonchev–Trinajstić information content (AvgIpc) is 3.87. The van der Waals surface area contributed by atoms with Gasteiger partial charge in [-0.2, -0.15) is 0 Å². The van der Waals surface area contributed by atoms with Crippen molar-refractivity contribution < 1.29 is 0 Å². The molecule has 0 aliphatic rings. The lowest BCUT2D eigenvalue weighted by Crippen LogP contribution is -2.48. The molecule has 0 fully saturated rings. The molecule has 2 heterocycles. The van der Waals surface area contributed by atoms with Crippen molar-refractivity contribution in [3.05, 3.63) is 176 Å². The topological polar surface area (TPSA) is 9.86 Å². The second-order valence-corrected chi connectivity index (χ2v) is 16.0. The van der Waals surface area contributed by atoms with Gasteiger partial charge in [-0.1, -0.05) is 161 Å². The number of aromatic nitrogens is 2. The summed E-state index contributed by atoms with van der Waals surface area (Å²) in [7, 11) is 48.8. The van der Waals surface area contributed by atoms with E-state index < -0.39 is 0 Å². The van der Waals surface area contributed by atoms with Crippen molar-refractivity contribution >= 4 is 137 Å². The third-order valence-corrected chi connectivity index (χ3v) is 12.5. The van der Waals surface area contributed by atoms with E-state index in [2.05, 4.69) is 138 Å². The molecule has 0 N–H and O–H groups in total. The van der Waals surface area contributed by atoms with E-state index in [1.165, 1.54) is 0 Å². The fraction of sp³-hybridized carbons (Fsp3) is 0. The van der Waals surface area contributed by atoms with E-state index in [-0.39, 0.29) is 21.9 Å². The van der Waals surface area contributed by atoms with Crippen molar-refractivity contribution in [2.75, 3.05) is 0 Å². The van der Waals surface area contributed by atoms with Crippen molar-refractivity contribution in [1.29, 1.82) is 0 Å². The number of hydrogen-bond acceptors (Lipinski definition) is 0. The van der Waals surface area contributed by atoms with Gasteiger partial charge in [-0.05, 0) is 86.8 Å². The Balaban J connectivity index is 1.21. The summed E-state index contributed by atoms with van der Waals surface area (Å²) in [5, 5.41) is 3.21. The van der Waals surface area contributed by atoms with Gasteiger partial charge in [0.1, 0.15) is 54.9 Å². The summed E-state index contributed by atoms with van der Waals surface area (Å²) in [6.45, 7) is 0. The highest BCUT2D eigenvalue weighted by Gasteiger charge is 2.25. The van der Waals surface area contributed by atoms with Crippen LogP contribution in [0.15, 0.2) is 176 Å². The molecule has 0 bridgehead atoms. The summed E-state index contributed by atoms with van der Waals surface area (Å²) in [6.07, 6.45) is 0. The number of benzene rings is 9. The molecular weight excluding hydrogens is 752 g/mol. The molecule has 2 aromatic heterocycles. The molecule has 276 valence electrons. The van der Waals surface area contributed by atoms with E-state index in [0.29, 0.717) is 43.8 Å². The molecule has 0 aliphatic carbocycles. The Morgan fingerprint density at radius 2 is 0.778 bits per heavy atom. The summed E-state index contributed by atoms with van der Waals surface area (Å²) in [5.74, 6) is 0. The predicted molar refractivity (Wildman–Crippen MR) is 275 cm³/mol. The minimum absolute atomic E-state index is 0.174. The summed E-state index contributed by atoms with van der Waals surface area (Å²) >= 11 is 0. The molecule has 63 heavy (non-hydrogen) atoms. The van der Waals surface area contributed by atoms with E-state index >= 15 is 0 Å². The second kappa shape index (κ2) is 15.1. The molecule has 0 saturated heterocycles. The zero-order chi connectivity index (χ0) is 43.1. The maximum Gasteiger partial charge on any atom is 0.115 e. The Hall–Kier alpha value is -6.97. The molecule has 0 amide bonds. The molecule has 0 spiro atoms. The van der Waals surface area contributed by atoms with Crippen LogP contribution in [-0.4, -0.2) is 64.1 Å². The highest BCUT2D eigenvalue weighted by Crippen LogP contribution is 2.40. The number of rotatable bonds is 6. The van der Waals surface area contributed by atoms with Gasteiger partial charge in [0.25, 0.3) is 0 Å². The van der Waals surface area contributed by atoms with Gasteiger partial charge in [0.05, 0.1) is 16.7 Å². The number of fused-ring (bicyclic) bond motifs is 6. The maximum absolute atomic E-state index is 7.42. The monoisotopic (exact) mass is 782 g/mol. The van der Waals surface area contributed by atoms with Crippen molar-refractivity contribution in [1.82, 2.24) is 9.13 Å². The SMILES string of the molecule is [B]c1c([B])c([B])c2c(c1[B])c1c([B])c(-c3ccc4c(c3)c3cc(-c5ccccc5)ccc3n4-c3ccccc3-c3ccccc3)c([B])c([B])c1n2-c1cccc(-c2ccccc2)c1. The van der Waals surface area contributed by atoms with E-state index in [1.807, 2.05) is 47.0 Å². The summed E-state index contributed by atoms with van der Waals surface area (Å²) < 4.78 is 4.29. The highest BCUT2D eigenvalue weighted by molar-refractivity contribution is 6.69. The molecule has 0 saturated carbocycles. The van der Waals surface area contributed by atoms with Crippen LogP contribution >= 0.6 is 0 Å². The van der Waals surface area contributed by atoms with Crippen LogP contribution in [0.3, 0.4) is 0 Å². The van der Waals surface area contributed by atoms with Gasteiger partial charge >= 0.3 is 0 Å². The molecule has 2 nitrogen and oxygen atoms in total. The molecule has 9 aromatic carbocycles. The minimum atomic E-state index is 0.174. The largest absolute Gasteiger partial charge is 0.311 e. The quantitative estimate of drug-likeness (QED) is 0.181. The number of para-hydroxylation sites is 1. The van der Waals surface area contributed by atoms with Crippen molar-refractivity contribution in [2.45, 2.75) is 0 Å². The lowest BCUT2D eigenvalue weighted by Gasteiger charge is -2.20. The van der Waals surface area contributed by atoms with Crippen LogP contribution in [0.2, 0.25) is 0 Å². The van der Waals surface area contributed by atoms with Crippen LogP contribution in [0.5, 0.6) is 0 Å². The normalized spacial score (nSPS) is 11.6. The molecule has 11 aromatic rings. The molecule has 11 rings (SSSR count). The zero-order valence-electron chi connectivity index (χ0n) is 34.2. The van der Waals surface area contributed by atoms with Gasteiger partial charge in [-0.15, -0.1) is 10.9 Å². The van der Waals surface area contributed by atoms with Crippen LogP contribution < -0.4 is 38.2 Å². The third kappa shape index (κ3) is 6.04. The van der Waals surface area contributed by atoms with Gasteiger partial charge in [-0.25, -0.2) is 0 Å². The van der Waals surface area contributed by atoms with Gasteiger partial charge in [-0.3, -0.25) is 0 Å². The number of nitrogens with zero attached hydrogens (tertiary/aromatic N) is 2. The molecule has 0 aliphatic heterocycles. The average molecular weight is 782 g/mol. The summed E-state index contributed by atoms with van der Waals surface area (Å²) in [5.41, 5.74) is 14.7. The van der Waals surface area contributed by atoms with Crippen molar-refractivity contribution in [3.63, 3.8) is 0 Å². The Morgan fingerprint density at radius 3 is 1.41 bits per heavy atom. The predicted octanol–water partition coefficient (Wildman–Crippen LogP) is 6.11. The molecular formula is C54H29B7N2.